The van der Waals surface area contributed by atoms with Crippen molar-refractivity contribution < 1.29 is 9.21 Å². The van der Waals surface area contributed by atoms with Crippen molar-refractivity contribution in [2.24, 2.45) is 0 Å². The van der Waals surface area contributed by atoms with Gasteiger partial charge in [0.15, 0.2) is 0 Å². The minimum absolute atomic E-state index is 0.0285. The van der Waals surface area contributed by atoms with Crippen molar-refractivity contribution in [2.45, 2.75) is 33.6 Å². The predicted molar refractivity (Wildman–Crippen MR) is 114 cm³/mol. The molecule has 0 radical (unpaired) electrons. The number of carbonyl (C=O) groups excluding carboxylic acids is 1. The molecule has 0 saturated heterocycles. The van der Waals surface area contributed by atoms with Crippen LogP contribution in [0.3, 0.4) is 0 Å². The molecule has 0 aliphatic carbocycles. The van der Waals surface area contributed by atoms with Gasteiger partial charge in [0.05, 0.1) is 5.69 Å². The van der Waals surface area contributed by atoms with Crippen molar-refractivity contribution in [3.05, 3.63) is 66.1 Å². The van der Waals surface area contributed by atoms with Gasteiger partial charge in [-0.3, -0.25) is 4.79 Å². The van der Waals surface area contributed by atoms with Crippen LogP contribution in [0.2, 0.25) is 0 Å². The van der Waals surface area contributed by atoms with E-state index in [9.17, 15) is 4.79 Å². The van der Waals surface area contributed by atoms with E-state index in [2.05, 4.69) is 29.0 Å². The van der Waals surface area contributed by atoms with Gasteiger partial charge in [0.1, 0.15) is 5.76 Å². The molecule has 1 N–H and O–H groups in total. The number of anilines is 2. The molecular formula is C23H27N3O2. The first-order valence-electron chi connectivity index (χ1n) is 9.77. The van der Waals surface area contributed by atoms with E-state index in [1.807, 2.05) is 61.5 Å². The van der Waals surface area contributed by atoms with Crippen molar-refractivity contribution in [1.82, 2.24) is 4.98 Å². The normalized spacial score (nSPS) is 10.7. The summed E-state index contributed by atoms with van der Waals surface area (Å²) in [6.45, 7) is 8.08. The fraction of sp³-hybridized carbons (Fsp3) is 0.304. The van der Waals surface area contributed by atoms with Crippen LogP contribution < -0.4 is 10.2 Å². The maximum Gasteiger partial charge on any atom is 0.226 e. The second-order valence-electron chi connectivity index (χ2n) is 6.66. The van der Waals surface area contributed by atoms with E-state index in [0.29, 0.717) is 18.7 Å². The topological polar surface area (TPSA) is 58.4 Å². The van der Waals surface area contributed by atoms with Crippen LogP contribution in [0.25, 0.3) is 11.5 Å². The third kappa shape index (κ3) is 4.80. The van der Waals surface area contributed by atoms with E-state index >= 15 is 0 Å². The van der Waals surface area contributed by atoms with Crippen LogP contribution in [0.15, 0.2) is 59.0 Å². The lowest BCUT2D eigenvalue weighted by molar-refractivity contribution is -0.116. The summed E-state index contributed by atoms with van der Waals surface area (Å²) in [6.07, 6.45) is 0.908. The summed E-state index contributed by atoms with van der Waals surface area (Å²) in [7, 11) is 0. The molecule has 3 aromatic rings. The summed E-state index contributed by atoms with van der Waals surface area (Å²) >= 11 is 0. The first-order chi connectivity index (χ1) is 13.6. The highest BCUT2D eigenvalue weighted by Gasteiger charge is 2.13. The van der Waals surface area contributed by atoms with Crippen molar-refractivity contribution in [2.75, 3.05) is 23.3 Å². The van der Waals surface area contributed by atoms with Crippen LogP contribution in [0, 0.1) is 6.92 Å². The number of benzene rings is 2. The Bertz CT molecular complexity index is 897. The molecular weight excluding hydrogens is 350 g/mol. The zero-order valence-electron chi connectivity index (χ0n) is 16.7. The highest BCUT2D eigenvalue weighted by molar-refractivity contribution is 5.91. The molecule has 5 heteroatoms. The quantitative estimate of drug-likeness (QED) is 0.595. The van der Waals surface area contributed by atoms with Gasteiger partial charge < -0.3 is 14.6 Å². The molecule has 3 rings (SSSR count). The van der Waals surface area contributed by atoms with Crippen LogP contribution in [-0.4, -0.2) is 24.0 Å². The predicted octanol–water partition coefficient (Wildman–Crippen LogP) is 5.07. The Balaban J connectivity index is 1.57. The zero-order chi connectivity index (χ0) is 19.9. The summed E-state index contributed by atoms with van der Waals surface area (Å²) in [4.78, 5) is 19.1. The average molecular weight is 377 g/mol. The number of carbonyl (C=O) groups is 1. The number of amides is 1. The van der Waals surface area contributed by atoms with Gasteiger partial charge in [-0.15, -0.1) is 0 Å². The maximum atomic E-state index is 12.3. The summed E-state index contributed by atoms with van der Waals surface area (Å²) in [5.41, 5.74) is 3.73. The molecule has 146 valence electrons. The highest BCUT2D eigenvalue weighted by Crippen LogP contribution is 2.22. The minimum Gasteiger partial charge on any atom is -0.441 e. The van der Waals surface area contributed by atoms with Crippen LogP contribution in [0.1, 0.15) is 31.7 Å². The maximum absolute atomic E-state index is 12.3. The molecule has 0 atom stereocenters. The van der Waals surface area contributed by atoms with Gasteiger partial charge in [-0.05, 0) is 57.2 Å². The molecule has 1 aromatic heterocycles. The molecule has 28 heavy (non-hydrogen) atoms. The van der Waals surface area contributed by atoms with Crippen molar-refractivity contribution >= 4 is 17.3 Å². The molecule has 1 heterocycles. The van der Waals surface area contributed by atoms with Crippen LogP contribution in [0.5, 0.6) is 0 Å². The van der Waals surface area contributed by atoms with Crippen molar-refractivity contribution in [3.63, 3.8) is 0 Å². The largest absolute Gasteiger partial charge is 0.441 e. The van der Waals surface area contributed by atoms with Crippen molar-refractivity contribution in [3.8, 4) is 11.5 Å². The lowest BCUT2D eigenvalue weighted by Gasteiger charge is -2.21. The Labute approximate surface area is 166 Å². The summed E-state index contributed by atoms with van der Waals surface area (Å²) in [5.74, 6) is 1.33. The second-order valence-corrected chi connectivity index (χ2v) is 6.66. The van der Waals surface area contributed by atoms with Gasteiger partial charge in [-0.25, -0.2) is 4.98 Å². The van der Waals surface area contributed by atoms with Crippen LogP contribution in [0.4, 0.5) is 11.4 Å². The van der Waals surface area contributed by atoms with Gasteiger partial charge in [-0.1, -0.05) is 18.2 Å². The summed E-state index contributed by atoms with van der Waals surface area (Å²) in [5, 5.41) is 2.96. The average Bonchev–Trinajstić information content (AvgIpc) is 3.10. The van der Waals surface area contributed by atoms with Gasteiger partial charge in [0.2, 0.25) is 11.8 Å². The molecule has 0 aliphatic rings. The number of rotatable bonds is 8. The molecule has 2 aromatic carbocycles. The van der Waals surface area contributed by atoms with E-state index in [1.54, 1.807) is 0 Å². The highest BCUT2D eigenvalue weighted by atomic mass is 16.4. The van der Waals surface area contributed by atoms with Gasteiger partial charge in [0, 0.05) is 42.9 Å². The summed E-state index contributed by atoms with van der Waals surface area (Å²) < 4.78 is 5.76. The molecule has 5 nitrogen and oxygen atoms in total. The van der Waals surface area contributed by atoms with E-state index < -0.39 is 0 Å². The molecule has 0 unspecified atom stereocenters. The van der Waals surface area contributed by atoms with Gasteiger partial charge in [0.25, 0.3) is 0 Å². The number of hydrogen-bond donors (Lipinski definition) is 1. The Kier molecular flexibility index (Phi) is 6.48. The molecule has 0 fully saturated rings. The number of nitrogens with one attached hydrogen (secondary N) is 1. The first-order valence-corrected chi connectivity index (χ1v) is 9.77. The fourth-order valence-electron chi connectivity index (χ4n) is 3.16. The Morgan fingerprint density at radius 2 is 1.71 bits per heavy atom. The molecule has 0 saturated carbocycles. The van der Waals surface area contributed by atoms with E-state index in [-0.39, 0.29) is 5.91 Å². The fourth-order valence-corrected chi connectivity index (χ4v) is 3.16. The number of aryl methyl sites for hydroxylation is 2. The smallest absolute Gasteiger partial charge is 0.226 e. The van der Waals surface area contributed by atoms with Gasteiger partial charge in [-0.2, -0.15) is 0 Å². The molecule has 0 aliphatic heterocycles. The minimum atomic E-state index is -0.0285. The molecule has 0 bridgehead atoms. The Morgan fingerprint density at radius 3 is 2.36 bits per heavy atom. The van der Waals surface area contributed by atoms with E-state index in [0.717, 1.165) is 41.5 Å². The SMILES string of the molecule is CCN(CC)c1ccc(NC(=O)CCc2nc(-c3ccccc3)oc2C)cc1. The van der Waals surface area contributed by atoms with Gasteiger partial charge >= 0.3 is 0 Å². The van der Waals surface area contributed by atoms with E-state index in [1.165, 1.54) is 0 Å². The lowest BCUT2D eigenvalue weighted by Crippen LogP contribution is -2.21. The monoisotopic (exact) mass is 377 g/mol. The van der Waals surface area contributed by atoms with Crippen molar-refractivity contribution in [1.29, 1.82) is 0 Å². The standard InChI is InChI=1S/C23H27N3O2/c1-4-26(5-2)20-13-11-19(12-14-20)24-22(27)16-15-21-17(3)28-23(25-21)18-9-7-6-8-10-18/h6-14H,4-5,15-16H2,1-3H3,(H,24,27). The third-order valence-electron chi connectivity index (χ3n) is 4.78. The summed E-state index contributed by atoms with van der Waals surface area (Å²) in [6, 6.07) is 17.8. The first kappa shape index (κ1) is 19.7. The zero-order valence-corrected chi connectivity index (χ0v) is 16.7. The molecule has 0 spiro atoms. The number of hydrogen-bond acceptors (Lipinski definition) is 4. The second kappa shape index (κ2) is 9.22. The number of oxazole rings is 1. The third-order valence-corrected chi connectivity index (χ3v) is 4.78. The number of aromatic nitrogens is 1. The Morgan fingerprint density at radius 1 is 1.04 bits per heavy atom. The Hall–Kier alpha value is -3.08. The van der Waals surface area contributed by atoms with E-state index in [4.69, 9.17) is 4.42 Å². The van der Waals surface area contributed by atoms with Crippen LogP contribution in [-0.2, 0) is 11.2 Å². The van der Waals surface area contributed by atoms with Crippen LogP contribution >= 0.6 is 0 Å². The lowest BCUT2D eigenvalue weighted by atomic mass is 10.2. The molecule has 1 amide bonds. The number of nitrogens with zero attached hydrogens (tertiary/aromatic N) is 2.